The summed E-state index contributed by atoms with van der Waals surface area (Å²) in [6.07, 6.45) is 5.97. The van der Waals surface area contributed by atoms with Gasteiger partial charge in [-0.2, -0.15) is 0 Å². The molecular weight excluding hydrogens is 320 g/mol. The summed E-state index contributed by atoms with van der Waals surface area (Å²) >= 11 is 3.37. The number of unbranched alkanes of at least 4 members (excludes halogenated alkanes) is 4. The van der Waals surface area contributed by atoms with Gasteiger partial charge in [0.15, 0.2) is 5.78 Å². The molecule has 0 aromatic heterocycles. The Balaban J connectivity index is 2.27. The summed E-state index contributed by atoms with van der Waals surface area (Å²) in [7, 11) is 1.60. The molecule has 0 radical (unpaired) electrons. The first kappa shape index (κ1) is 17.2. The van der Waals surface area contributed by atoms with Crippen LogP contribution < -0.4 is 4.74 Å². The Hall–Kier alpha value is -0.870. The molecule has 0 aliphatic rings. The zero-order valence-electron chi connectivity index (χ0n) is 12.3. The van der Waals surface area contributed by atoms with Gasteiger partial charge in [-0.05, 0) is 40.5 Å². The molecule has 0 atom stereocenters. The molecule has 0 unspecified atom stereocenters. The van der Waals surface area contributed by atoms with Gasteiger partial charge in [0, 0.05) is 12.2 Å². The zero-order valence-corrected chi connectivity index (χ0v) is 13.9. The number of hydrogen-bond donors (Lipinski definition) is 0. The monoisotopic (exact) mass is 342 g/mol. The molecule has 0 aliphatic carbocycles. The molecule has 0 spiro atoms. The molecule has 20 heavy (non-hydrogen) atoms. The number of carbonyl (C=O) groups excluding carboxylic acids is 1. The van der Waals surface area contributed by atoms with E-state index in [0.717, 1.165) is 16.6 Å². The van der Waals surface area contributed by atoms with E-state index in [1.807, 2.05) is 0 Å². The highest BCUT2D eigenvalue weighted by molar-refractivity contribution is 9.10. The predicted octanol–water partition coefficient (Wildman–Crippen LogP) is 4.63. The Morgan fingerprint density at radius 3 is 2.60 bits per heavy atom. The smallest absolute Gasteiger partial charge is 0.188 e. The molecule has 4 heteroatoms. The highest BCUT2D eigenvalue weighted by atomic mass is 79.9. The summed E-state index contributed by atoms with van der Waals surface area (Å²) in [6.45, 7) is 3.00. The van der Waals surface area contributed by atoms with Crippen molar-refractivity contribution in [1.29, 1.82) is 0 Å². The van der Waals surface area contributed by atoms with Gasteiger partial charge >= 0.3 is 0 Å². The van der Waals surface area contributed by atoms with Crippen molar-refractivity contribution in [1.82, 2.24) is 0 Å². The van der Waals surface area contributed by atoms with Crippen LogP contribution in [-0.4, -0.2) is 26.1 Å². The molecule has 0 N–H and O–H groups in total. The fraction of sp³-hybridized carbons (Fsp3) is 0.562. The van der Waals surface area contributed by atoms with E-state index in [0.29, 0.717) is 12.2 Å². The second-order valence-electron chi connectivity index (χ2n) is 4.74. The number of rotatable bonds is 10. The number of halogens is 1. The van der Waals surface area contributed by atoms with E-state index in [1.165, 1.54) is 25.7 Å². The molecular formula is C16H23BrO3. The largest absolute Gasteiger partial charge is 0.496 e. The first-order chi connectivity index (χ1) is 9.69. The van der Waals surface area contributed by atoms with Crippen LogP contribution in [0.5, 0.6) is 5.75 Å². The molecule has 112 valence electrons. The lowest BCUT2D eigenvalue weighted by Crippen LogP contribution is -2.10. The highest BCUT2D eigenvalue weighted by Gasteiger charge is 2.09. The van der Waals surface area contributed by atoms with Gasteiger partial charge in [-0.1, -0.05) is 32.6 Å². The van der Waals surface area contributed by atoms with Crippen molar-refractivity contribution >= 4 is 21.7 Å². The van der Waals surface area contributed by atoms with Crippen molar-refractivity contribution in [3.8, 4) is 5.75 Å². The standard InChI is InChI=1S/C16H23BrO3/c1-3-4-5-6-7-10-20-12-15(18)13-8-9-16(19-2)14(17)11-13/h8-9,11H,3-7,10,12H2,1-2H3. The lowest BCUT2D eigenvalue weighted by Gasteiger charge is -2.06. The lowest BCUT2D eigenvalue weighted by atomic mass is 10.1. The molecule has 1 aromatic rings. The van der Waals surface area contributed by atoms with Crippen LogP contribution in [0.15, 0.2) is 22.7 Å². The molecule has 0 bridgehead atoms. The fourth-order valence-corrected chi connectivity index (χ4v) is 2.44. The summed E-state index contributed by atoms with van der Waals surface area (Å²) in [6, 6.07) is 5.31. The Morgan fingerprint density at radius 1 is 1.20 bits per heavy atom. The maximum Gasteiger partial charge on any atom is 0.188 e. The summed E-state index contributed by atoms with van der Waals surface area (Å²) < 4.78 is 11.3. The van der Waals surface area contributed by atoms with Crippen LogP contribution in [0.3, 0.4) is 0 Å². The molecule has 0 fully saturated rings. The SMILES string of the molecule is CCCCCCCOCC(=O)c1ccc(OC)c(Br)c1. The summed E-state index contributed by atoms with van der Waals surface area (Å²) in [5, 5.41) is 0. The van der Waals surface area contributed by atoms with E-state index in [-0.39, 0.29) is 12.4 Å². The number of methoxy groups -OCH3 is 1. The molecule has 0 amide bonds. The minimum atomic E-state index is 0.00177. The van der Waals surface area contributed by atoms with Crippen molar-refractivity contribution in [3.63, 3.8) is 0 Å². The van der Waals surface area contributed by atoms with Crippen LogP contribution in [0.1, 0.15) is 49.4 Å². The van der Waals surface area contributed by atoms with Crippen LogP contribution in [0.4, 0.5) is 0 Å². The van der Waals surface area contributed by atoms with Crippen molar-refractivity contribution in [2.24, 2.45) is 0 Å². The Kier molecular flexibility index (Phi) is 8.54. The van der Waals surface area contributed by atoms with Crippen LogP contribution >= 0.6 is 15.9 Å². The van der Waals surface area contributed by atoms with Gasteiger partial charge in [0.25, 0.3) is 0 Å². The van der Waals surface area contributed by atoms with E-state index < -0.39 is 0 Å². The molecule has 0 aliphatic heterocycles. The van der Waals surface area contributed by atoms with Gasteiger partial charge in [0.05, 0.1) is 11.6 Å². The number of Topliss-reactive ketones (excluding diaryl/α,β-unsaturated/α-hetero) is 1. The first-order valence-electron chi connectivity index (χ1n) is 7.13. The maximum atomic E-state index is 11.9. The van der Waals surface area contributed by atoms with Crippen molar-refractivity contribution in [3.05, 3.63) is 28.2 Å². The minimum Gasteiger partial charge on any atom is -0.496 e. The fourth-order valence-electron chi connectivity index (χ4n) is 1.90. The Morgan fingerprint density at radius 2 is 1.95 bits per heavy atom. The third-order valence-corrected chi connectivity index (χ3v) is 3.72. The summed E-state index contributed by atoms with van der Waals surface area (Å²) in [5.41, 5.74) is 0.642. The zero-order chi connectivity index (χ0) is 14.8. The van der Waals surface area contributed by atoms with Crippen molar-refractivity contribution in [2.75, 3.05) is 20.3 Å². The minimum absolute atomic E-state index is 0.00177. The predicted molar refractivity (Wildman–Crippen MR) is 84.6 cm³/mol. The Bertz CT molecular complexity index is 418. The molecule has 3 nitrogen and oxygen atoms in total. The number of ketones is 1. The van der Waals surface area contributed by atoms with E-state index in [9.17, 15) is 4.79 Å². The van der Waals surface area contributed by atoms with Crippen molar-refractivity contribution in [2.45, 2.75) is 39.0 Å². The van der Waals surface area contributed by atoms with Gasteiger partial charge in [-0.25, -0.2) is 0 Å². The molecule has 1 aromatic carbocycles. The van der Waals surface area contributed by atoms with Gasteiger partial charge in [-0.15, -0.1) is 0 Å². The average Bonchev–Trinajstić information content (AvgIpc) is 2.46. The second kappa shape index (κ2) is 9.94. The van der Waals surface area contributed by atoms with Crippen molar-refractivity contribution < 1.29 is 14.3 Å². The van der Waals surface area contributed by atoms with Crippen LogP contribution in [-0.2, 0) is 4.74 Å². The highest BCUT2D eigenvalue weighted by Crippen LogP contribution is 2.25. The first-order valence-corrected chi connectivity index (χ1v) is 7.92. The van der Waals surface area contributed by atoms with Gasteiger partial charge in [0.2, 0.25) is 0 Å². The normalized spacial score (nSPS) is 10.6. The number of hydrogen-bond acceptors (Lipinski definition) is 3. The Labute approximate surface area is 129 Å². The van der Waals surface area contributed by atoms with E-state index >= 15 is 0 Å². The van der Waals surface area contributed by atoms with E-state index in [2.05, 4.69) is 22.9 Å². The van der Waals surface area contributed by atoms with E-state index in [1.54, 1.807) is 25.3 Å². The van der Waals surface area contributed by atoms with Gasteiger partial charge < -0.3 is 9.47 Å². The average molecular weight is 343 g/mol. The molecule has 0 saturated carbocycles. The topological polar surface area (TPSA) is 35.5 Å². The molecule has 1 rings (SSSR count). The van der Waals surface area contributed by atoms with Crippen LogP contribution in [0.2, 0.25) is 0 Å². The summed E-state index contributed by atoms with van der Waals surface area (Å²) in [4.78, 5) is 11.9. The maximum absolute atomic E-state index is 11.9. The van der Waals surface area contributed by atoms with Gasteiger partial charge in [0.1, 0.15) is 12.4 Å². The van der Waals surface area contributed by atoms with Crippen LogP contribution in [0, 0.1) is 0 Å². The third-order valence-electron chi connectivity index (χ3n) is 3.10. The third kappa shape index (κ3) is 6.06. The number of ether oxygens (including phenoxy) is 2. The number of carbonyl (C=O) groups is 1. The van der Waals surface area contributed by atoms with E-state index in [4.69, 9.17) is 9.47 Å². The van der Waals surface area contributed by atoms with Crippen LogP contribution in [0.25, 0.3) is 0 Å². The lowest BCUT2D eigenvalue weighted by molar-refractivity contribution is 0.0752. The number of benzene rings is 1. The molecule has 0 saturated heterocycles. The molecule has 0 heterocycles. The van der Waals surface area contributed by atoms with Gasteiger partial charge in [-0.3, -0.25) is 4.79 Å². The second-order valence-corrected chi connectivity index (χ2v) is 5.59. The quantitative estimate of drug-likeness (QED) is 0.459. The summed E-state index contributed by atoms with van der Waals surface area (Å²) in [5.74, 6) is 0.723.